The van der Waals surface area contributed by atoms with Crippen molar-refractivity contribution in [2.45, 2.75) is 20.8 Å². The van der Waals surface area contributed by atoms with Crippen molar-refractivity contribution < 1.29 is 9.59 Å². The number of para-hydroxylation sites is 1. The van der Waals surface area contributed by atoms with Crippen molar-refractivity contribution in [2.24, 2.45) is 0 Å². The smallest absolute Gasteiger partial charge is 0.251 e. The maximum absolute atomic E-state index is 12.1. The molecule has 2 rings (SSSR count). The molecule has 23 heavy (non-hydrogen) atoms. The summed E-state index contributed by atoms with van der Waals surface area (Å²) in [5.41, 5.74) is 3.65. The molecule has 0 saturated carbocycles. The van der Waals surface area contributed by atoms with Crippen molar-refractivity contribution in [1.82, 2.24) is 5.32 Å². The average Bonchev–Trinajstić information content (AvgIpc) is 2.53. The van der Waals surface area contributed by atoms with E-state index >= 15 is 0 Å². The molecule has 0 heterocycles. The van der Waals surface area contributed by atoms with E-state index in [4.69, 9.17) is 0 Å². The molecule has 0 unspecified atom stereocenters. The van der Waals surface area contributed by atoms with Gasteiger partial charge in [0.25, 0.3) is 5.91 Å². The van der Waals surface area contributed by atoms with Gasteiger partial charge in [-0.1, -0.05) is 35.9 Å². The molecule has 0 atom stereocenters. The largest absolute Gasteiger partial charge is 0.350 e. The Labute approximate surface area is 137 Å². The summed E-state index contributed by atoms with van der Waals surface area (Å²) in [5, 5.41) is 2.86. The zero-order valence-corrected chi connectivity index (χ0v) is 13.8. The minimum Gasteiger partial charge on any atom is -0.350 e. The van der Waals surface area contributed by atoms with E-state index < -0.39 is 0 Å². The Balaban J connectivity index is 1.97. The fourth-order valence-electron chi connectivity index (χ4n) is 2.40. The van der Waals surface area contributed by atoms with Crippen LogP contribution in [0.15, 0.2) is 48.5 Å². The Kier molecular flexibility index (Phi) is 5.52. The molecule has 0 aliphatic rings. The van der Waals surface area contributed by atoms with Crippen LogP contribution >= 0.6 is 0 Å². The van der Waals surface area contributed by atoms with Crippen LogP contribution in [0, 0.1) is 13.8 Å². The Hall–Kier alpha value is -2.62. The van der Waals surface area contributed by atoms with Gasteiger partial charge in [-0.3, -0.25) is 9.59 Å². The van der Waals surface area contributed by atoms with Crippen molar-refractivity contribution >= 4 is 17.5 Å². The SMILES string of the molecule is CC(=O)N(CCNC(=O)c1ccc(C)cc1)c1ccccc1C. The number of carbonyl (C=O) groups excluding carboxylic acids is 2. The minimum atomic E-state index is -0.127. The first-order chi connectivity index (χ1) is 11.0. The van der Waals surface area contributed by atoms with Crippen LogP contribution in [0.5, 0.6) is 0 Å². The average molecular weight is 310 g/mol. The van der Waals surface area contributed by atoms with Gasteiger partial charge < -0.3 is 10.2 Å². The second-order valence-electron chi connectivity index (χ2n) is 5.58. The van der Waals surface area contributed by atoms with E-state index in [0.717, 1.165) is 16.8 Å². The lowest BCUT2D eigenvalue weighted by Gasteiger charge is -2.23. The molecule has 2 aromatic carbocycles. The van der Waals surface area contributed by atoms with Gasteiger partial charge in [0.05, 0.1) is 0 Å². The predicted octanol–water partition coefficient (Wildman–Crippen LogP) is 3.09. The molecular weight excluding hydrogens is 288 g/mol. The highest BCUT2D eigenvalue weighted by Crippen LogP contribution is 2.19. The number of aryl methyl sites for hydroxylation is 2. The number of rotatable bonds is 5. The molecule has 2 aromatic rings. The van der Waals surface area contributed by atoms with Gasteiger partial charge >= 0.3 is 0 Å². The third-order valence-corrected chi connectivity index (χ3v) is 3.72. The molecule has 0 aliphatic carbocycles. The highest BCUT2D eigenvalue weighted by Gasteiger charge is 2.13. The second-order valence-corrected chi connectivity index (χ2v) is 5.58. The number of hydrogen-bond donors (Lipinski definition) is 1. The molecule has 120 valence electrons. The van der Waals surface area contributed by atoms with Crippen LogP contribution in [0.25, 0.3) is 0 Å². The number of nitrogens with one attached hydrogen (secondary N) is 1. The number of nitrogens with zero attached hydrogens (tertiary/aromatic N) is 1. The third kappa shape index (κ3) is 4.42. The molecule has 0 aromatic heterocycles. The Morgan fingerprint density at radius 1 is 1.00 bits per heavy atom. The summed E-state index contributed by atoms with van der Waals surface area (Å²) in [5.74, 6) is -0.165. The van der Waals surface area contributed by atoms with Crippen LogP contribution in [0.4, 0.5) is 5.69 Å². The van der Waals surface area contributed by atoms with Gasteiger partial charge in [0.2, 0.25) is 5.91 Å². The maximum atomic E-state index is 12.1. The van der Waals surface area contributed by atoms with Gasteiger partial charge in [-0.05, 0) is 37.6 Å². The summed E-state index contributed by atoms with van der Waals surface area (Å²) in [6.45, 7) is 6.33. The van der Waals surface area contributed by atoms with Crippen molar-refractivity contribution in [3.8, 4) is 0 Å². The van der Waals surface area contributed by atoms with Crippen molar-refractivity contribution in [3.63, 3.8) is 0 Å². The van der Waals surface area contributed by atoms with Crippen LogP contribution < -0.4 is 10.2 Å². The molecule has 4 heteroatoms. The van der Waals surface area contributed by atoms with Crippen LogP contribution in [0.1, 0.15) is 28.4 Å². The summed E-state index contributed by atoms with van der Waals surface area (Å²) in [6.07, 6.45) is 0. The Morgan fingerprint density at radius 2 is 1.65 bits per heavy atom. The van der Waals surface area contributed by atoms with Crippen molar-refractivity contribution in [1.29, 1.82) is 0 Å². The van der Waals surface area contributed by atoms with E-state index in [2.05, 4.69) is 5.32 Å². The summed E-state index contributed by atoms with van der Waals surface area (Å²) >= 11 is 0. The summed E-state index contributed by atoms with van der Waals surface area (Å²) in [6, 6.07) is 15.1. The Bertz CT molecular complexity index is 693. The van der Waals surface area contributed by atoms with Gasteiger partial charge in [0.1, 0.15) is 0 Å². The van der Waals surface area contributed by atoms with Crippen LogP contribution in [-0.2, 0) is 4.79 Å². The van der Waals surface area contributed by atoms with E-state index in [1.54, 1.807) is 17.0 Å². The number of anilines is 1. The van der Waals surface area contributed by atoms with Crippen molar-refractivity contribution in [3.05, 3.63) is 65.2 Å². The van der Waals surface area contributed by atoms with Crippen LogP contribution in [0.3, 0.4) is 0 Å². The number of amides is 2. The highest BCUT2D eigenvalue weighted by molar-refractivity contribution is 5.95. The summed E-state index contributed by atoms with van der Waals surface area (Å²) in [7, 11) is 0. The zero-order chi connectivity index (χ0) is 16.8. The minimum absolute atomic E-state index is 0.0381. The molecule has 0 bridgehead atoms. The molecule has 2 amide bonds. The lowest BCUT2D eigenvalue weighted by atomic mass is 10.1. The van der Waals surface area contributed by atoms with Crippen molar-refractivity contribution in [2.75, 3.05) is 18.0 Å². The number of carbonyl (C=O) groups is 2. The standard InChI is InChI=1S/C19H22N2O2/c1-14-8-10-17(11-9-14)19(23)20-12-13-21(16(3)22)18-7-5-4-6-15(18)2/h4-11H,12-13H2,1-3H3,(H,20,23). The van der Waals surface area contributed by atoms with Gasteiger partial charge in [0, 0.05) is 31.3 Å². The van der Waals surface area contributed by atoms with Gasteiger partial charge in [-0.25, -0.2) is 0 Å². The van der Waals surface area contributed by atoms with E-state index in [1.165, 1.54) is 6.92 Å². The van der Waals surface area contributed by atoms with Crippen LogP contribution in [-0.4, -0.2) is 24.9 Å². The zero-order valence-electron chi connectivity index (χ0n) is 13.8. The number of hydrogen-bond acceptors (Lipinski definition) is 2. The first-order valence-corrected chi connectivity index (χ1v) is 7.67. The van der Waals surface area contributed by atoms with E-state index in [1.807, 2.05) is 50.2 Å². The van der Waals surface area contributed by atoms with Gasteiger partial charge in [-0.15, -0.1) is 0 Å². The topological polar surface area (TPSA) is 49.4 Å². The fourth-order valence-corrected chi connectivity index (χ4v) is 2.40. The lowest BCUT2D eigenvalue weighted by Crippen LogP contribution is -2.37. The molecule has 0 spiro atoms. The Morgan fingerprint density at radius 3 is 2.26 bits per heavy atom. The van der Waals surface area contributed by atoms with E-state index in [0.29, 0.717) is 18.7 Å². The quantitative estimate of drug-likeness (QED) is 0.922. The maximum Gasteiger partial charge on any atom is 0.251 e. The fraction of sp³-hybridized carbons (Fsp3) is 0.263. The lowest BCUT2D eigenvalue weighted by molar-refractivity contribution is -0.116. The molecule has 0 radical (unpaired) electrons. The molecule has 0 fully saturated rings. The van der Waals surface area contributed by atoms with Gasteiger partial charge in [0.15, 0.2) is 0 Å². The molecule has 4 nitrogen and oxygen atoms in total. The number of benzene rings is 2. The molecular formula is C19H22N2O2. The van der Waals surface area contributed by atoms with Crippen LogP contribution in [0.2, 0.25) is 0 Å². The van der Waals surface area contributed by atoms with Gasteiger partial charge in [-0.2, -0.15) is 0 Å². The molecule has 0 saturated heterocycles. The van der Waals surface area contributed by atoms with E-state index in [-0.39, 0.29) is 11.8 Å². The molecule has 0 aliphatic heterocycles. The normalized spacial score (nSPS) is 10.2. The monoisotopic (exact) mass is 310 g/mol. The predicted molar refractivity (Wildman–Crippen MR) is 92.7 cm³/mol. The molecule has 1 N–H and O–H groups in total. The summed E-state index contributed by atoms with van der Waals surface area (Å²) < 4.78 is 0. The third-order valence-electron chi connectivity index (χ3n) is 3.72. The van der Waals surface area contributed by atoms with E-state index in [9.17, 15) is 9.59 Å². The highest BCUT2D eigenvalue weighted by atomic mass is 16.2. The first kappa shape index (κ1) is 16.7. The first-order valence-electron chi connectivity index (χ1n) is 7.67. The summed E-state index contributed by atoms with van der Waals surface area (Å²) in [4.78, 5) is 25.7. The second kappa shape index (κ2) is 7.58.